The van der Waals surface area contributed by atoms with E-state index >= 15 is 0 Å². The summed E-state index contributed by atoms with van der Waals surface area (Å²) in [6, 6.07) is 11.2. The Morgan fingerprint density at radius 3 is 2.67 bits per heavy atom. The molecule has 1 aliphatic heterocycles. The standard InChI is InChI=1S/C24H19F2N5O2/c25-24(26)12-18(13-27)31(15-24)22(32)14-30-23(33)19-7-10-29-21-4-3-17(11-20(19)21)2-1-16-5-8-28-9-6-16/h1-11,18H,12,14-15H2,(H,30,33)/b2-1+. The molecule has 1 aliphatic rings. The molecule has 0 bridgehead atoms. The zero-order chi connectivity index (χ0) is 23.4. The first-order chi connectivity index (χ1) is 15.9. The predicted octanol–water partition coefficient (Wildman–Crippen LogP) is 3.29. The number of amides is 2. The van der Waals surface area contributed by atoms with Crippen LogP contribution in [0.25, 0.3) is 23.1 Å². The first-order valence-corrected chi connectivity index (χ1v) is 10.2. The monoisotopic (exact) mass is 447 g/mol. The van der Waals surface area contributed by atoms with E-state index in [4.69, 9.17) is 5.26 Å². The van der Waals surface area contributed by atoms with Gasteiger partial charge in [0.15, 0.2) is 0 Å². The van der Waals surface area contributed by atoms with Gasteiger partial charge in [0.05, 0.1) is 30.2 Å². The number of aromatic nitrogens is 2. The van der Waals surface area contributed by atoms with Crippen LogP contribution >= 0.6 is 0 Å². The number of likely N-dealkylation sites (tertiary alicyclic amines) is 1. The highest BCUT2D eigenvalue weighted by Crippen LogP contribution is 2.31. The topological polar surface area (TPSA) is 99.0 Å². The van der Waals surface area contributed by atoms with Crippen molar-refractivity contribution in [3.05, 3.63) is 71.7 Å². The summed E-state index contributed by atoms with van der Waals surface area (Å²) in [7, 11) is 0. The van der Waals surface area contributed by atoms with Gasteiger partial charge < -0.3 is 10.2 Å². The van der Waals surface area contributed by atoms with E-state index in [1.165, 1.54) is 12.3 Å². The van der Waals surface area contributed by atoms with Gasteiger partial charge in [0, 0.05) is 30.4 Å². The van der Waals surface area contributed by atoms with Crippen LogP contribution in [0.5, 0.6) is 0 Å². The predicted molar refractivity (Wildman–Crippen MR) is 118 cm³/mol. The molecule has 1 atom stereocenters. The van der Waals surface area contributed by atoms with Crippen molar-refractivity contribution in [3.8, 4) is 6.07 Å². The number of fused-ring (bicyclic) bond motifs is 1. The highest BCUT2D eigenvalue weighted by atomic mass is 19.3. The molecular weight excluding hydrogens is 428 g/mol. The van der Waals surface area contributed by atoms with Crippen LogP contribution in [-0.4, -0.2) is 51.7 Å². The van der Waals surface area contributed by atoms with Crippen molar-refractivity contribution in [1.29, 1.82) is 5.26 Å². The number of carbonyl (C=O) groups excluding carboxylic acids is 2. The Morgan fingerprint density at radius 1 is 1.15 bits per heavy atom. The van der Waals surface area contributed by atoms with E-state index in [2.05, 4.69) is 15.3 Å². The molecule has 1 saturated heterocycles. The van der Waals surface area contributed by atoms with Crippen LogP contribution in [0.2, 0.25) is 0 Å². The minimum Gasteiger partial charge on any atom is -0.343 e. The van der Waals surface area contributed by atoms with Gasteiger partial charge in [-0.25, -0.2) is 8.78 Å². The third-order valence-electron chi connectivity index (χ3n) is 5.32. The molecular formula is C24H19F2N5O2. The van der Waals surface area contributed by atoms with Crippen molar-refractivity contribution in [2.75, 3.05) is 13.1 Å². The number of benzene rings is 1. The third kappa shape index (κ3) is 5.01. The van der Waals surface area contributed by atoms with Gasteiger partial charge in [-0.15, -0.1) is 0 Å². The lowest BCUT2D eigenvalue weighted by atomic mass is 10.0. The summed E-state index contributed by atoms with van der Waals surface area (Å²) in [4.78, 5) is 34.2. The molecule has 0 aliphatic carbocycles. The third-order valence-corrected chi connectivity index (χ3v) is 5.32. The zero-order valence-electron chi connectivity index (χ0n) is 17.4. The molecule has 0 spiro atoms. The summed E-state index contributed by atoms with van der Waals surface area (Å²) in [5, 5.41) is 12.1. The molecule has 1 aromatic carbocycles. The number of alkyl halides is 2. The SMILES string of the molecule is N#CC1CC(F)(F)CN1C(=O)CNC(=O)c1ccnc2ccc(/C=C/c3ccncc3)cc12. The summed E-state index contributed by atoms with van der Waals surface area (Å²) >= 11 is 0. The minimum absolute atomic E-state index is 0.301. The van der Waals surface area contributed by atoms with Crippen molar-refractivity contribution < 1.29 is 18.4 Å². The van der Waals surface area contributed by atoms with E-state index in [0.717, 1.165) is 16.0 Å². The molecule has 2 amide bonds. The normalized spacial score (nSPS) is 17.2. The van der Waals surface area contributed by atoms with Crippen molar-refractivity contribution in [2.24, 2.45) is 0 Å². The average Bonchev–Trinajstić information content (AvgIpc) is 3.15. The number of pyridine rings is 2. The fraction of sp³-hybridized carbons (Fsp3) is 0.208. The highest BCUT2D eigenvalue weighted by Gasteiger charge is 2.47. The molecule has 166 valence electrons. The van der Waals surface area contributed by atoms with Gasteiger partial charge >= 0.3 is 0 Å². The van der Waals surface area contributed by atoms with Crippen molar-refractivity contribution >= 4 is 34.9 Å². The van der Waals surface area contributed by atoms with Crippen LogP contribution in [0.1, 0.15) is 27.9 Å². The van der Waals surface area contributed by atoms with Crippen molar-refractivity contribution in [1.82, 2.24) is 20.2 Å². The lowest BCUT2D eigenvalue weighted by Crippen LogP contribution is -2.43. The minimum atomic E-state index is -3.11. The maximum atomic E-state index is 13.6. The lowest BCUT2D eigenvalue weighted by Gasteiger charge is -2.19. The molecule has 1 N–H and O–H groups in total. The number of carbonyl (C=O) groups is 2. The van der Waals surface area contributed by atoms with Crippen LogP contribution in [0.15, 0.2) is 55.0 Å². The van der Waals surface area contributed by atoms with Gasteiger partial charge in [-0.3, -0.25) is 19.6 Å². The second kappa shape index (κ2) is 9.12. The Labute approximate surface area is 188 Å². The van der Waals surface area contributed by atoms with Gasteiger partial charge in [0.1, 0.15) is 6.04 Å². The van der Waals surface area contributed by atoms with Gasteiger partial charge in [-0.2, -0.15) is 5.26 Å². The molecule has 7 nitrogen and oxygen atoms in total. The summed E-state index contributed by atoms with van der Waals surface area (Å²) in [5.74, 6) is -4.38. The summed E-state index contributed by atoms with van der Waals surface area (Å²) < 4.78 is 27.2. The van der Waals surface area contributed by atoms with Crippen molar-refractivity contribution in [3.63, 3.8) is 0 Å². The lowest BCUT2D eigenvalue weighted by molar-refractivity contribution is -0.131. The van der Waals surface area contributed by atoms with Gasteiger partial charge in [0.25, 0.3) is 11.8 Å². The smallest absolute Gasteiger partial charge is 0.268 e. The maximum absolute atomic E-state index is 13.6. The molecule has 1 fully saturated rings. The van der Waals surface area contributed by atoms with Gasteiger partial charge in [-0.1, -0.05) is 18.2 Å². The van der Waals surface area contributed by atoms with E-state index in [0.29, 0.717) is 16.5 Å². The van der Waals surface area contributed by atoms with E-state index < -0.39 is 43.3 Å². The van der Waals surface area contributed by atoms with Gasteiger partial charge in [-0.05, 0) is 41.5 Å². The quantitative estimate of drug-likeness (QED) is 0.647. The first-order valence-electron chi connectivity index (χ1n) is 10.2. The number of hydrogen-bond donors (Lipinski definition) is 1. The second-order valence-electron chi connectivity index (χ2n) is 7.66. The molecule has 0 radical (unpaired) electrons. The fourth-order valence-corrected chi connectivity index (χ4v) is 3.68. The van der Waals surface area contributed by atoms with Crippen LogP contribution in [0, 0.1) is 11.3 Å². The highest BCUT2D eigenvalue weighted by molar-refractivity contribution is 6.07. The number of rotatable bonds is 5. The molecule has 33 heavy (non-hydrogen) atoms. The van der Waals surface area contributed by atoms with Crippen LogP contribution < -0.4 is 5.32 Å². The number of nitrogens with zero attached hydrogens (tertiary/aromatic N) is 4. The Kier molecular flexibility index (Phi) is 6.09. The molecule has 3 heterocycles. The van der Waals surface area contributed by atoms with Crippen molar-refractivity contribution in [2.45, 2.75) is 18.4 Å². The Hall–Kier alpha value is -4.19. The molecule has 2 aromatic heterocycles. The summed E-state index contributed by atoms with van der Waals surface area (Å²) in [5.41, 5.74) is 2.71. The number of nitrogens with one attached hydrogen (secondary N) is 1. The van der Waals surface area contributed by atoms with Crippen LogP contribution in [-0.2, 0) is 4.79 Å². The molecule has 9 heteroatoms. The number of halogens is 2. The van der Waals surface area contributed by atoms with Crippen LogP contribution in [0.4, 0.5) is 8.78 Å². The number of nitriles is 1. The molecule has 0 saturated carbocycles. The Bertz CT molecular complexity index is 1270. The molecule has 4 rings (SSSR count). The van der Waals surface area contributed by atoms with E-state index in [9.17, 15) is 18.4 Å². The zero-order valence-corrected chi connectivity index (χ0v) is 17.4. The van der Waals surface area contributed by atoms with E-state index in [-0.39, 0.29) is 0 Å². The molecule has 1 unspecified atom stereocenters. The second-order valence-corrected chi connectivity index (χ2v) is 7.66. The largest absolute Gasteiger partial charge is 0.343 e. The van der Waals surface area contributed by atoms with Crippen LogP contribution in [0.3, 0.4) is 0 Å². The summed E-state index contributed by atoms with van der Waals surface area (Å²) in [6.07, 6.45) is 7.97. The maximum Gasteiger partial charge on any atom is 0.268 e. The average molecular weight is 447 g/mol. The van der Waals surface area contributed by atoms with E-state index in [1.807, 2.05) is 36.4 Å². The fourth-order valence-electron chi connectivity index (χ4n) is 3.68. The number of hydrogen-bond acceptors (Lipinski definition) is 5. The van der Waals surface area contributed by atoms with E-state index in [1.54, 1.807) is 24.5 Å². The van der Waals surface area contributed by atoms with Gasteiger partial charge in [0.2, 0.25) is 5.91 Å². The molecule has 3 aromatic rings. The first kappa shape index (κ1) is 22.0. The Morgan fingerprint density at radius 2 is 1.91 bits per heavy atom. The Balaban J connectivity index is 1.50. The summed E-state index contributed by atoms with van der Waals surface area (Å²) in [6.45, 7) is -1.32.